The molecule has 0 saturated carbocycles. The third kappa shape index (κ3) is 4.79. The van der Waals surface area contributed by atoms with Crippen LogP contribution in [0.4, 0.5) is 0 Å². The SMILES string of the molecule is CCCC1=C(C(=O)OCC)[C@H](c2cc(OC)ccc2OC)n2c(sc(=Cc3ccccc3)c2=O)=N1. The van der Waals surface area contributed by atoms with Gasteiger partial charge in [-0.1, -0.05) is 55.0 Å². The number of fused-ring (bicyclic) bond motifs is 1. The van der Waals surface area contributed by atoms with Crippen LogP contribution >= 0.6 is 11.3 Å². The van der Waals surface area contributed by atoms with Crippen molar-refractivity contribution in [1.29, 1.82) is 0 Å². The second-order valence-corrected chi connectivity index (χ2v) is 8.94. The molecule has 2 heterocycles. The average Bonchev–Trinajstić information content (AvgIpc) is 3.18. The largest absolute Gasteiger partial charge is 0.497 e. The zero-order chi connectivity index (χ0) is 24.9. The van der Waals surface area contributed by atoms with Crippen LogP contribution in [0.2, 0.25) is 0 Å². The molecule has 4 rings (SSSR count). The lowest BCUT2D eigenvalue weighted by atomic mass is 9.93. The fourth-order valence-electron chi connectivity index (χ4n) is 4.17. The highest BCUT2D eigenvalue weighted by atomic mass is 32.1. The van der Waals surface area contributed by atoms with Crippen LogP contribution in [-0.2, 0) is 9.53 Å². The number of hydrogen-bond acceptors (Lipinski definition) is 7. The Balaban J connectivity index is 2.06. The molecule has 0 fully saturated rings. The topological polar surface area (TPSA) is 79.1 Å². The smallest absolute Gasteiger partial charge is 0.338 e. The molecule has 0 spiro atoms. The van der Waals surface area contributed by atoms with Gasteiger partial charge in [0.15, 0.2) is 4.80 Å². The standard InChI is InChI=1S/C27H28N2O5S/c1-5-10-20-23(26(31)34-6-2)24(19-16-18(32-3)13-14-21(19)33-4)29-25(30)22(35-27(29)28-20)15-17-11-8-7-9-12-17/h7-9,11-16,24H,5-6,10H2,1-4H3/t24-/m0/s1. The van der Waals surface area contributed by atoms with Crippen molar-refractivity contribution < 1.29 is 19.0 Å². The molecule has 35 heavy (non-hydrogen) atoms. The first kappa shape index (κ1) is 24.5. The molecule has 0 radical (unpaired) electrons. The molecule has 7 nitrogen and oxygen atoms in total. The van der Waals surface area contributed by atoms with Gasteiger partial charge in [-0.25, -0.2) is 9.79 Å². The van der Waals surface area contributed by atoms with E-state index in [1.165, 1.54) is 11.3 Å². The maximum Gasteiger partial charge on any atom is 0.338 e. The number of hydrogen-bond donors (Lipinski definition) is 0. The summed E-state index contributed by atoms with van der Waals surface area (Å²) in [6, 6.07) is 14.2. The van der Waals surface area contributed by atoms with Crippen molar-refractivity contribution in [3.05, 3.63) is 90.6 Å². The summed E-state index contributed by atoms with van der Waals surface area (Å²) in [5.41, 5.74) is 2.27. The summed E-state index contributed by atoms with van der Waals surface area (Å²) in [6.45, 7) is 3.99. The van der Waals surface area contributed by atoms with Crippen LogP contribution in [0.5, 0.6) is 11.5 Å². The van der Waals surface area contributed by atoms with Crippen molar-refractivity contribution in [3.63, 3.8) is 0 Å². The number of thiazole rings is 1. The first-order chi connectivity index (χ1) is 17.0. The Morgan fingerprint density at radius 1 is 1.11 bits per heavy atom. The van der Waals surface area contributed by atoms with Gasteiger partial charge in [0.2, 0.25) is 0 Å². The van der Waals surface area contributed by atoms with Gasteiger partial charge in [-0.15, -0.1) is 0 Å². The van der Waals surface area contributed by atoms with Gasteiger partial charge in [0, 0.05) is 5.56 Å². The van der Waals surface area contributed by atoms with Crippen molar-refractivity contribution in [3.8, 4) is 11.5 Å². The predicted octanol–water partition coefficient (Wildman–Crippen LogP) is 3.60. The van der Waals surface area contributed by atoms with Gasteiger partial charge >= 0.3 is 5.97 Å². The van der Waals surface area contributed by atoms with Gasteiger partial charge in [-0.05, 0) is 43.2 Å². The van der Waals surface area contributed by atoms with E-state index in [1.807, 2.05) is 43.3 Å². The molecule has 0 amide bonds. The van der Waals surface area contributed by atoms with E-state index in [0.29, 0.717) is 44.1 Å². The predicted molar refractivity (Wildman–Crippen MR) is 136 cm³/mol. The number of nitrogens with zero attached hydrogens (tertiary/aromatic N) is 2. The Bertz CT molecular complexity index is 1440. The number of rotatable bonds is 8. The highest BCUT2D eigenvalue weighted by Gasteiger charge is 2.36. The Hall–Kier alpha value is -3.65. The molecular formula is C27H28N2O5S. The van der Waals surface area contributed by atoms with E-state index in [9.17, 15) is 9.59 Å². The molecule has 0 N–H and O–H groups in total. The molecule has 0 unspecified atom stereocenters. The van der Waals surface area contributed by atoms with Gasteiger partial charge in [0.25, 0.3) is 5.56 Å². The summed E-state index contributed by atoms with van der Waals surface area (Å²) in [5, 5.41) is 0. The monoisotopic (exact) mass is 492 g/mol. The van der Waals surface area contributed by atoms with E-state index < -0.39 is 12.0 Å². The lowest BCUT2D eigenvalue weighted by Crippen LogP contribution is -2.40. The number of carbonyl (C=O) groups excluding carboxylic acids is 1. The van der Waals surface area contributed by atoms with Gasteiger partial charge in [0.1, 0.15) is 17.5 Å². The van der Waals surface area contributed by atoms with Crippen LogP contribution in [0, 0.1) is 0 Å². The summed E-state index contributed by atoms with van der Waals surface area (Å²) < 4.78 is 18.7. The Morgan fingerprint density at radius 2 is 1.89 bits per heavy atom. The number of methoxy groups -OCH3 is 2. The molecule has 0 aliphatic carbocycles. The van der Waals surface area contributed by atoms with Crippen molar-refractivity contribution in [2.75, 3.05) is 20.8 Å². The lowest BCUT2D eigenvalue weighted by Gasteiger charge is -2.27. The first-order valence-electron chi connectivity index (χ1n) is 11.5. The fraction of sp³-hybridized carbons (Fsp3) is 0.296. The van der Waals surface area contributed by atoms with E-state index in [-0.39, 0.29) is 12.2 Å². The highest BCUT2D eigenvalue weighted by molar-refractivity contribution is 7.07. The Kier molecular flexibility index (Phi) is 7.51. The second-order valence-electron chi connectivity index (χ2n) is 7.93. The van der Waals surface area contributed by atoms with E-state index >= 15 is 0 Å². The maximum atomic E-state index is 13.8. The van der Waals surface area contributed by atoms with Crippen LogP contribution in [0.1, 0.15) is 43.9 Å². The number of allylic oxidation sites excluding steroid dienone is 1. The molecular weight excluding hydrogens is 464 g/mol. The van der Waals surface area contributed by atoms with E-state index in [4.69, 9.17) is 19.2 Å². The van der Waals surface area contributed by atoms with Crippen LogP contribution in [-0.4, -0.2) is 31.4 Å². The Labute approximate surface area is 207 Å². The third-order valence-electron chi connectivity index (χ3n) is 5.72. The molecule has 1 atom stereocenters. The molecule has 1 aromatic heterocycles. The molecule has 1 aliphatic rings. The zero-order valence-corrected chi connectivity index (χ0v) is 21.1. The van der Waals surface area contributed by atoms with Gasteiger partial charge in [0.05, 0.1) is 36.6 Å². The highest BCUT2D eigenvalue weighted by Crippen LogP contribution is 2.38. The summed E-state index contributed by atoms with van der Waals surface area (Å²) in [7, 11) is 3.13. The molecule has 0 saturated heterocycles. The van der Waals surface area contributed by atoms with Gasteiger partial charge in [-0.2, -0.15) is 0 Å². The van der Waals surface area contributed by atoms with Crippen molar-refractivity contribution >= 4 is 23.4 Å². The first-order valence-corrected chi connectivity index (χ1v) is 12.3. The quantitative estimate of drug-likeness (QED) is 0.449. The summed E-state index contributed by atoms with van der Waals surface area (Å²) in [4.78, 5) is 32.4. The maximum absolute atomic E-state index is 13.8. The fourth-order valence-corrected chi connectivity index (χ4v) is 5.19. The second kappa shape index (κ2) is 10.7. The molecule has 3 aromatic rings. The molecule has 2 aromatic carbocycles. The number of esters is 1. The molecule has 8 heteroatoms. The number of ether oxygens (including phenoxy) is 3. The van der Waals surface area contributed by atoms with E-state index in [1.54, 1.807) is 43.9 Å². The Morgan fingerprint density at radius 3 is 2.54 bits per heavy atom. The minimum Gasteiger partial charge on any atom is -0.497 e. The van der Waals surface area contributed by atoms with Crippen LogP contribution in [0.3, 0.4) is 0 Å². The lowest BCUT2D eigenvalue weighted by molar-refractivity contribution is -0.139. The average molecular weight is 493 g/mol. The van der Waals surface area contributed by atoms with E-state index in [2.05, 4.69) is 0 Å². The van der Waals surface area contributed by atoms with Gasteiger partial charge < -0.3 is 14.2 Å². The van der Waals surface area contributed by atoms with Crippen molar-refractivity contribution in [2.45, 2.75) is 32.7 Å². The number of benzene rings is 2. The van der Waals surface area contributed by atoms with Crippen molar-refractivity contribution in [1.82, 2.24) is 4.57 Å². The normalized spacial score (nSPS) is 15.4. The summed E-state index contributed by atoms with van der Waals surface area (Å²) in [5.74, 6) is 0.629. The number of aromatic nitrogens is 1. The van der Waals surface area contributed by atoms with Crippen LogP contribution in [0.15, 0.2) is 69.6 Å². The third-order valence-corrected chi connectivity index (χ3v) is 6.70. The number of carbonyl (C=O) groups is 1. The summed E-state index contributed by atoms with van der Waals surface area (Å²) >= 11 is 1.31. The summed E-state index contributed by atoms with van der Waals surface area (Å²) in [6.07, 6.45) is 3.19. The van der Waals surface area contributed by atoms with E-state index in [0.717, 1.165) is 12.0 Å². The molecule has 182 valence electrons. The van der Waals surface area contributed by atoms with Crippen molar-refractivity contribution in [2.24, 2.45) is 4.99 Å². The minimum atomic E-state index is -0.769. The molecule has 0 bridgehead atoms. The zero-order valence-electron chi connectivity index (χ0n) is 20.2. The minimum absolute atomic E-state index is 0.210. The van der Waals surface area contributed by atoms with Gasteiger partial charge in [-0.3, -0.25) is 9.36 Å². The van der Waals surface area contributed by atoms with Crippen LogP contribution in [0.25, 0.3) is 6.08 Å². The van der Waals surface area contributed by atoms with Crippen LogP contribution < -0.4 is 24.4 Å². The molecule has 1 aliphatic heterocycles.